The molecule has 0 spiro atoms. The van der Waals surface area contributed by atoms with E-state index < -0.39 is 0 Å². The zero-order valence-electron chi connectivity index (χ0n) is 13.8. The fourth-order valence-electron chi connectivity index (χ4n) is 4.53. The van der Waals surface area contributed by atoms with E-state index in [1.54, 1.807) is 12.1 Å². The average Bonchev–Trinajstić information content (AvgIpc) is 2.96. The lowest BCUT2D eigenvalue weighted by atomic mass is 9.65. The Hall–Kier alpha value is -1.30. The molecule has 3 rings (SSSR count). The van der Waals surface area contributed by atoms with Crippen molar-refractivity contribution in [1.29, 1.82) is 0 Å². The number of hydrogen-bond donors (Lipinski definition) is 1. The summed E-state index contributed by atoms with van der Waals surface area (Å²) in [7, 11) is 0. The summed E-state index contributed by atoms with van der Waals surface area (Å²) in [5.41, 5.74) is 0.481. The SMILES string of the molecule is CC1(C)CC2CC(C)(CN2C(=O)CNC(=O)c2ccc(Br)o2)C1. The number of carbonyl (C=O) groups excluding carboxylic acids is 2. The minimum absolute atomic E-state index is 0.00426. The molecule has 1 aromatic rings. The zero-order valence-corrected chi connectivity index (χ0v) is 15.4. The van der Waals surface area contributed by atoms with Crippen molar-refractivity contribution in [3.05, 3.63) is 22.6 Å². The third kappa shape index (κ3) is 3.47. The highest BCUT2D eigenvalue weighted by molar-refractivity contribution is 9.10. The van der Waals surface area contributed by atoms with Gasteiger partial charge in [-0.25, -0.2) is 0 Å². The zero-order chi connectivity index (χ0) is 16.8. The highest BCUT2D eigenvalue weighted by Crippen LogP contribution is 2.52. The fraction of sp³-hybridized carbons (Fsp3) is 0.647. The lowest BCUT2D eigenvalue weighted by Gasteiger charge is -2.39. The van der Waals surface area contributed by atoms with Crippen LogP contribution in [-0.2, 0) is 4.79 Å². The molecule has 126 valence electrons. The molecule has 2 heterocycles. The van der Waals surface area contributed by atoms with Crippen LogP contribution >= 0.6 is 15.9 Å². The first kappa shape index (κ1) is 16.6. The molecule has 23 heavy (non-hydrogen) atoms. The Labute approximate surface area is 144 Å². The van der Waals surface area contributed by atoms with Crippen LogP contribution in [0.5, 0.6) is 0 Å². The van der Waals surface area contributed by atoms with Crippen LogP contribution in [0.3, 0.4) is 0 Å². The average molecular weight is 383 g/mol. The predicted octanol–water partition coefficient (Wildman–Crippen LogP) is 3.20. The molecule has 0 aromatic carbocycles. The normalized spacial score (nSPS) is 28.7. The van der Waals surface area contributed by atoms with Gasteiger partial charge in [0.2, 0.25) is 5.91 Å². The second kappa shape index (κ2) is 5.65. The van der Waals surface area contributed by atoms with Crippen molar-refractivity contribution in [3.8, 4) is 0 Å². The second-order valence-corrected chi connectivity index (χ2v) is 8.80. The molecule has 1 aromatic heterocycles. The summed E-state index contributed by atoms with van der Waals surface area (Å²) in [6, 6.07) is 3.53. The molecule has 1 N–H and O–H groups in total. The predicted molar refractivity (Wildman–Crippen MR) is 90.0 cm³/mol. The number of nitrogens with one attached hydrogen (secondary N) is 1. The van der Waals surface area contributed by atoms with E-state index in [1.807, 2.05) is 4.90 Å². The molecule has 2 unspecified atom stereocenters. The van der Waals surface area contributed by atoms with Gasteiger partial charge in [-0.15, -0.1) is 0 Å². The Morgan fingerprint density at radius 3 is 2.74 bits per heavy atom. The van der Waals surface area contributed by atoms with Crippen LogP contribution in [-0.4, -0.2) is 35.8 Å². The summed E-state index contributed by atoms with van der Waals surface area (Å²) in [4.78, 5) is 26.5. The molecular formula is C17H23BrN2O3. The molecular weight excluding hydrogens is 360 g/mol. The van der Waals surface area contributed by atoms with Gasteiger partial charge in [0.15, 0.2) is 10.4 Å². The van der Waals surface area contributed by atoms with Gasteiger partial charge in [-0.3, -0.25) is 9.59 Å². The van der Waals surface area contributed by atoms with Crippen molar-refractivity contribution in [3.63, 3.8) is 0 Å². The molecule has 6 heteroatoms. The van der Waals surface area contributed by atoms with Gasteiger partial charge in [-0.05, 0) is 58.2 Å². The van der Waals surface area contributed by atoms with Gasteiger partial charge in [0, 0.05) is 12.6 Å². The van der Waals surface area contributed by atoms with Gasteiger partial charge in [-0.2, -0.15) is 0 Å². The number of furan rings is 1. The molecule has 1 aliphatic carbocycles. The maximum absolute atomic E-state index is 12.6. The lowest BCUT2D eigenvalue weighted by Crippen LogP contribution is -2.43. The van der Waals surface area contributed by atoms with Crippen LogP contribution in [0.25, 0.3) is 0 Å². The molecule has 5 nitrogen and oxygen atoms in total. The number of hydrogen-bond acceptors (Lipinski definition) is 3. The quantitative estimate of drug-likeness (QED) is 0.872. The molecule has 1 saturated carbocycles. The number of fused-ring (bicyclic) bond motifs is 2. The van der Waals surface area contributed by atoms with E-state index >= 15 is 0 Å². The Balaban J connectivity index is 1.60. The van der Waals surface area contributed by atoms with Crippen molar-refractivity contribution >= 4 is 27.7 Å². The van der Waals surface area contributed by atoms with Gasteiger partial charge in [0.25, 0.3) is 5.91 Å². The smallest absolute Gasteiger partial charge is 0.287 e. The number of likely N-dealkylation sites (tertiary alicyclic amines) is 1. The summed E-state index contributed by atoms with van der Waals surface area (Å²) >= 11 is 3.16. The number of halogens is 1. The van der Waals surface area contributed by atoms with Crippen LogP contribution in [0.4, 0.5) is 0 Å². The van der Waals surface area contributed by atoms with Gasteiger partial charge in [-0.1, -0.05) is 20.8 Å². The van der Waals surface area contributed by atoms with E-state index in [2.05, 4.69) is 42.0 Å². The molecule has 2 fully saturated rings. The standard InChI is InChI=1S/C17H23BrN2O3/c1-16(2)6-11-7-17(3,9-16)10-20(11)14(21)8-19-15(22)12-4-5-13(18)23-12/h4-5,11H,6-10H2,1-3H3,(H,19,22). The molecule has 2 amide bonds. The molecule has 1 saturated heterocycles. The Bertz CT molecular complexity index is 640. The summed E-state index contributed by atoms with van der Waals surface area (Å²) in [5.74, 6) is -0.161. The van der Waals surface area contributed by atoms with Gasteiger partial charge >= 0.3 is 0 Å². The summed E-state index contributed by atoms with van der Waals surface area (Å²) in [6.45, 7) is 7.64. The first-order chi connectivity index (χ1) is 10.7. The molecule has 2 atom stereocenters. The van der Waals surface area contributed by atoms with Crippen LogP contribution in [0.1, 0.15) is 50.6 Å². The van der Waals surface area contributed by atoms with Gasteiger partial charge in [0.05, 0.1) is 6.54 Å². The Kier molecular flexibility index (Phi) is 4.07. The third-order valence-corrected chi connectivity index (χ3v) is 5.36. The molecule has 2 aliphatic rings. The van der Waals surface area contributed by atoms with Crippen LogP contribution in [0.2, 0.25) is 0 Å². The fourth-order valence-corrected chi connectivity index (χ4v) is 4.84. The van der Waals surface area contributed by atoms with Crippen LogP contribution < -0.4 is 5.32 Å². The van der Waals surface area contributed by atoms with E-state index in [-0.39, 0.29) is 34.9 Å². The van der Waals surface area contributed by atoms with Gasteiger partial charge < -0.3 is 14.6 Å². The number of carbonyl (C=O) groups is 2. The first-order valence-corrected chi connectivity index (χ1v) is 8.80. The van der Waals surface area contributed by atoms with Crippen LogP contribution in [0, 0.1) is 10.8 Å². The topological polar surface area (TPSA) is 62.6 Å². The number of nitrogens with zero attached hydrogens (tertiary/aromatic N) is 1. The minimum atomic E-state index is -0.363. The summed E-state index contributed by atoms with van der Waals surface area (Å²) in [6.07, 6.45) is 3.25. The van der Waals surface area contributed by atoms with Crippen molar-refractivity contribution in [1.82, 2.24) is 10.2 Å². The highest BCUT2D eigenvalue weighted by Gasteiger charge is 2.50. The van der Waals surface area contributed by atoms with E-state index in [9.17, 15) is 9.59 Å². The molecule has 0 radical (unpaired) electrons. The number of rotatable bonds is 3. The van der Waals surface area contributed by atoms with Gasteiger partial charge in [0.1, 0.15) is 0 Å². The maximum Gasteiger partial charge on any atom is 0.287 e. The van der Waals surface area contributed by atoms with E-state index in [0.29, 0.717) is 10.7 Å². The van der Waals surface area contributed by atoms with Crippen molar-refractivity contribution in [2.24, 2.45) is 10.8 Å². The van der Waals surface area contributed by atoms with Crippen LogP contribution in [0.15, 0.2) is 21.2 Å². The number of amides is 2. The minimum Gasteiger partial charge on any atom is -0.444 e. The maximum atomic E-state index is 12.6. The lowest BCUT2D eigenvalue weighted by molar-refractivity contribution is -0.131. The second-order valence-electron chi connectivity index (χ2n) is 8.02. The highest BCUT2D eigenvalue weighted by atomic mass is 79.9. The molecule has 1 aliphatic heterocycles. The largest absolute Gasteiger partial charge is 0.444 e. The summed E-state index contributed by atoms with van der Waals surface area (Å²) < 4.78 is 5.69. The third-order valence-electron chi connectivity index (χ3n) is 4.93. The van der Waals surface area contributed by atoms with E-state index in [0.717, 1.165) is 25.8 Å². The van der Waals surface area contributed by atoms with Crippen molar-refractivity contribution in [2.75, 3.05) is 13.1 Å². The Morgan fingerprint density at radius 1 is 1.35 bits per heavy atom. The summed E-state index contributed by atoms with van der Waals surface area (Å²) in [5, 5.41) is 2.66. The van der Waals surface area contributed by atoms with E-state index in [1.165, 1.54) is 0 Å². The molecule has 2 bridgehead atoms. The van der Waals surface area contributed by atoms with Crippen molar-refractivity contribution in [2.45, 2.75) is 46.1 Å². The monoisotopic (exact) mass is 382 g/mol. The Morgan fingerprint density at radius 2 is 2.09 bits per heavy atom. The van der Waals surface area contributed by atoms with Crippen molar-refractivity contribution < 1.29 is 14.0 Å². The first-order valence-electron chi connectivity index (χ1n) is 8.01. The van der Waals surface area contributed by atoms with E-state index in [4.69, 9.17) is 4.42 Å².